The fourth-order valence-electron chi connectivity index (χ4n) is 2.37. The lowest BCUT2D eigenvalue weighted by molar-refractivity contribution is 0.116. The minimum atomic E-state index is -0.191. The third kappa shape index (κ3) is 2.62. The summed E-state index contributed by atoms with van der Waals surface area (Å²) in [6, 6.07) is 3.51. The zero-order valence-corrected chi connectivity index (χ0v) is 11.0. The van der Waals surface area contributed by atoms with Crippen molar-refractivity contribution < 1.29 is 9.63 Å². The Kier molecular flexibility index (Phi) is 3.48. The molecule has 0 saturated heterocycles. The van der Waals surface area contributed by atoms with E-state index in [0.717, 1.165) is 25.7 Å². The van der Waals surface area contributed by atoms with E-state index < -0.39 is 0 Å². The number of pyridine rings is 1. The van der Waals surface area contributed by atoms with Crippen LogP contribution in [-0.4, -0.2) is 26.3 Å². The molecule has 0 spiro atoms. The van der Waals surface area contributed by atoms with Crippen LogP contribution in [0, 0.1) is 0 Å². The lowest BCUT2D eigenvalue weighted by Gasteiger charge is -2.22. The predicted octanol–water partition coefficient (Wildman–Crippen LogP) is 2.80. The van der Waals surface area contributed by atoms with Gasteiger partial charge in [0.2, 0.25) is 11.7 Å². The molecule has 1 saturated carbocycles. The van der Waals surface area contributed by atoms with Crippen LogP contribution >= 0.6 is 11.6 Å². The number of hydrogen-bond acceptors (Lipinski definition) is 5. The van der Waals surface area contributed by atoms with E-state index in [1.54, 1.807) is 18.3 Å². The van der Waals surface area contributed by atoms with Crippen LogP contribution in [0.4, 0.5) is 0 Å². The molecule has 2 aromatic rings. The highest BCUT2D eigenvalue weighted by atomic mass is 35.5. The molecule has 1 N–H and O–H groups in total. The monoisotopic (exact) mass is 279 g/mol. The summed E-state index contributed by atoms with van der Waals surface area (Å²) in [7, 11) is 0. The number of nitrogens with zero attached hydrogens (tertiary/aromatic N) is 3. The van der Waals surface area contributed by atoms with Crippen molar-refractivity contribution in [1.29, 1.82) is 0 Å². The predicted molar refractivity (Wildman–Crippen MR) is 69.8 cm³/mol. The van der Waals surface area contributed by atoms with Gasteiger partial charge in [-0.25, -0.2) is 0 Å². The topological polar surface area (TPSA) is 72.0 Å². The van der Waals surface area contributed by atoms with E-state index in [4.69, 9.17) is 16.1 Å². The molecular formula is C13H14ClN3O2. The van der Waals surface area contributed by atoms with Gasteiger partial charge in [-0.1, -0.05) is 16.8 Å². The molecule has 2 aromatic heterocycles. The zero-order valence-electron chi connectivity index (χ0n) is 10.3. The van der Waals surface area contributed by atoms with Gasteiger partial charge >= 0.3 is 0 Å². The van der Waals surface area contributed by atoms with Crippen LogP contribution in [0.3, 0.4) is 0 Å². The van der Waals surface area contributed by atoms with Crippen LogP contribution in [0.2, 0.25) is 5.02 Å². The first-order chi connectivity index (χ1) is 9.24. The molecular weight excluding hydrogens is 266 g/mol. The molecule has 0 atom stereocenters. The molecule has 0 radical (unpaired) electrons. The second-order valence-corrected chi connectivity index (χ2v) is 5.20. The number of aromatic nitrogens is 3. The van der Waals surface area contributed by atoms with E-state index in [1.807, 2.05) is 0 Å². The number of aliphatic hydroxyl groups is 1. The van der Waals surface area contributed by atoms with E-state index >= 15 is 0 Å². The summed E-state index contributed by atoms with van der Waals surface area (Å²) in [6.45, 7) is 0. The average Bonchev–Trinajstić information content (AvgIpc) is 2.89. The quantitative estimate of drug-likeness (QED) is 0.915. The Labute approximate surface area is 115 Å². The largest absolute Gasteiger partial charge is 0.393 e. The fourth-order valence-corrected chi connectivity index (χ4v) is 2.58. The second-order valence-electron chi connectivity index (χ2n) is 4.80. The van der Waals surface area contributed by atoms with Gasteiger partial charge in [0.05, 0.1) is 11.1 Å². The third-order valence-electron chi connectivity index (χ3n) is 3.46. The fraction of sp³-hybridized carbons (Fsp3) is 0.462. The van der Waals surface area contributed by atoms with Crippen molar-refractivity contribution in [3.63, 3.8) is 0 Å². The van der Waals surface area contributed by atoms with Crippen LogP contribution in [-0.2, 0) is 0 Å². The molecule has 0 amide bonds. The summed E-state index contributed by atoms with van der Waals surface area (Å²) in [6.07, 6.45) is 4.77. The summed E-state index contributed by atoms with van der Waals surface area (Å²) >= 11 is 6.06. The van der Waals surface area contributed by atoms with Crippen LogP contribution in [0.5, 0.6) is 0 Å². The summed E-state index contributed by atoms with van der Waals surface area (Å²) in [5, 5.41) is 14.0. The Morgan fingerprint density at radius 2 is 2.05 bits per heavy atom. The Hall–Kier alpha value is -1.46. The first kappa shape index (κ1) is 12.6. The van der Waals surface area contributed by atoms with Gasteiger partial charge in [0.1, 0.15) is 5.69 Å². The van der Waals surface area contributed by atoms with Crippen LogP contribution in [0.25, 0.3) is 11.5 Å². The first-order valence-corrected chi connectivity index (χ1v) is 6.74. The van der Waals surface area contributed by atoms with Gasteiger partial charge < -0.3 is 9.63 Å². The van der Waals surface area contributed by atoms with Crippen molar-refractivity contribution in [1.82, 2.24) is 15.1 Å². The number of hydrogen-bond donors (Lipinski definition) is 1. The summed E-state index contributed by atoms with van der Waals surface area (Å²) in [5.41, 5.74) is 0.537. The van der Waals surface area contributed by atoms with Crippen LogP contribution in [0.1, 0.15) is 37.5 Å². The van der Waals surface area contributed by atoms with E-state index in [1.165, 1.54) is 0 Å². The molecule has 19 heavy (non-hydrogen) atoms. The number of halogens is 1. The van der Waals surface area contributed by atoms with Crippen molar-refractivity contribution in [2.75, 3.05) is 0 Å². The van der Waals surface area contributed by atoms with E-state index in [0.29, 0.717) is 22.4 Å². The average molecular weight is 280 g/mol. The Morgan fingerprint density at radius 3 is 2.79 bits per heavy atom. The number of rotatable bonds is 2. The van der Waals surface area contributed by atoms with Crippen molar-refractivity contribution >= 4 is 11.6 Å². The molecule has 0 aromatic carbocycles. The minimum absolute atomic E-state index is 0.191. The molecule has 0 aliphatic heterocycles. The van der Waals surface area contributed by atoms with E-state index in [-0.39, 0.29) is 12.0 Å². The SMILES string of the molecule is OC1CCC(c2nc(-c3ncccc3Cl)no2)CC1. The summed E-state index contributed by atoms with van der Waals surface area (Å²) in [4.78, 5) is 8.55. The maximum absolute atomic E-state index is 9.50. The maximum atomic E-state index is 9.50. The molecule has 0 unspecified atom stereocenters. The van der Waals surface area contributed by atoms with Crippen LogP contribution < -0.4 is 0 Å². The highest BCUT2D eigenvalue weighted by Gasteiger charge is 2.26. The smallest absolute Gasteiger partial charge is 0.230 e. The van der Waals surface area contributed by atoms with Crippen molar-refractivity contribution in [2.24, 2.45) is 0 Å². The Balaban J connectivity index is 1.82. The van der Waals surface area contributed by atoms with Crippen molar-refractivity contribution in [2.45, 2.75) is 37.7 Å². The molecule has 6 heteroatoms. The normalized spacial score (nSPS) is 23.5. The third-order valence-corrected chi connectivity index (χ3v) is 3.76. The van der Waals surface area contributed by atoms with Gasteiger partial charge in [-0.05, 0) is 37.8 Å². The molecule has 0 bridgehead atoms. The first-order valence-electron chi connectivity index (χ1n) is 6.36. The lowest BCUT2D eigenvalue weighted by Crippen LogP contribution is -2.17. The standard InChI is InChI=1S/C13H14ClN3O2/c14-10-2-1-7-15-11(10)12-16-13(19-17-12)8-3-5-9(18)6-4-8/h1-2,7-9,18H,3-6H2. The molecule has 1 fully saturated rings. The maximum Gasteiger partial charge on any atom is 0.230 e. The summed E-state index contributed by atoms with van der Waals surface area (Å²) in [5.74, 6) is 1.27. The highest BCUT2D eigenvalue weighted by molar-refractivity contribution is 6.32. The highest BCUT2D eigenvalue weighted by Crippen LogP contribution is 2.33. The Bertz CT molecular complexity index is 565. The zero-order chi connectivity index (χ0) is 13.2. The number of aliphatic hydroxyl groups excluding tert-OH is 1. The van der Waals surface area contributed by atoms with Gasteiger partial charge in [0.15, 0.2) is 0 Å². The molecule has 2 heterocycles. The Morgan fingerprint density at radius 1 is 1.26 bits per heavy atom. The van der Waals surface area contributed by atoms with Crippen molar-refractivity contribution in [3.05, 3.63) is 29.2 Å². The van der Waals surface area contributed by atoms with Gasteiger partial charge in [0.25, 0.3) is 0 Å². The van der Waals surface area contributed by atoms with Gasteiger partial charge in [-0.15, -0.1) is 0 Å². The molecule has 3 rings (SSSR count). The lowest BCUT2D eigenvalue weighted by atomic mass is 9.87. The van der Waals surface area contributed by atoms with Gasteiger partial charge in [-0.3, -0.25) is 4.98 Å². The molecule has 5 nitrogen and oxygen atoms in total. The van der Waals surface area contributed by atoms with Crippen molar-refractivity contribution in [3.8, 4) is 11.5 Å². The van der Waals surface area contributed by atoms with Crippen LogP contribution in [0.15, 0.2) is 22.9 Å². The second kappa shape index (κ2) is 5.27. The minimum Gasteiger partial charge on any atom is -0.393 e. The molecule has 100 valence electrons. The van der Waals surface area contributed by atoms with Gasteiger partial charge in [0, 0.05) is 12.1 Å². The molecule has 1 aliphatic rings. The van der Waals surface area contributed by atoms with Gasteiger partial charge in [-0.2, -0.15) is 4.98 Å². The van der Waals surface area contributed by atoms with E-state index in [2.05, 4.69) is 15.1 Å². The molecule has 1 aliphatic carbocycles. The van der Waals surface area contributed by atoms with E-state index in [9.17, 15) is 5.11 Å². The summed E-state index contributed by atoms with van der Waals surface area (Å²) < 4.78 is 5.31.